The molecule has 0 aliphatic heterocycles. The van der Waals surface area contributed by atoms with Crippen LogP contribution in [0.1, 0.15) is 47.5 Å². The van der Waals surface area contributed by atoms with Crippen LogP contribution in [0.25, 0.3) is 0 Å². The van der Waals surface area contributed by atoms with Crippen LogP contribution in [-0.4, -0.2) is 0 Å². The normalized spacial score (nSPS) is 42.5. The van der Waals surface area contributed by atoms with Crippen LogP contribution in [0, 0.1) is 29.6 Å². The third-order valence-electron chi connectivity index (χ3n) is 4.20. The Hall–Kier alpha value is 0. The minimum Gasteiger partial charge on any atom is -0.0651 e. The van der Waals surface area contributed by atoms with Crippen LogP contribution >= 0.6 is 0 Å². The molecule has 1 aliphatic carbocycles. The summed E-state index contributed by atoms with van der Waals surface area (Å²) in [6.07, 6.45) is 2.87. The first kappa shape index (κ1) is 10.1. The second kappa shape index (κ2) is 3.81. The molecule has 0 aromatic rings. The van der Waals surface area contributed by atoms with Gasteiger partial charge in [0.2, 0.25) is 0 Å². The first-order chi connectivity index (χ1) is 5.57. The van der Waals surface area contributed by atoms with Gasteiger partial charge >= 0.3 is 0 Å². The summed E-state index contributed by atoms with van der Waals surface area (Å²) in [5.41, 5.74) is 0. The lowest BCUT2D eigenvalue weighted by atomic mass is 9.84. The predicted octanol–water partition coefficient (Wildman–Crippen LogP) is 3.96. The van der Waals surface area contributed by atoms with Crippen molar-refractivity contribution in [1.29, 1.82) is 0 Å². The Balaban J connectivity index is 2.60. The van der Waals surface area contributed by atoms with Crippen molar-refractivity contribution >= 4 is 0 Å². The van der Waals surface area contributed by atoms with Gasteiger partial charge in [-0.3, -0.25) is 0 Å². The van der Waals surface area contributed by atoms with Crippen LogP contribution in [0.4, 0.5) is 0 Å². The molecular weight excluding hydrogens is 144 g/mol. The van der Waals surface area contributed by atoms with E-state index in [1.165, 1.54) is 12.8 Å². The highest BCUT2D eigenvalue weighted by atomic mass is 14.4. The highest BCUT2D eigenvalue weighted by Gasteiger charge is 2.37. The van der Waals surface area contributed by atoms with Crippen molar-refractivity contribution in [2.45, 2.75) is 47.5 Å². The maximum Gasteiger partial charge on any atom is -0.0360 e. The molecule has 72 valence electrons. The fourth-order valence-electron chi connectivity index (χ4n) is 3.02. The Kier molecular flexibility index (Phi) is 3.20. The van der Waals surface area contributed by atoms with Gasteiger partial charge in [0.1, 0.15) is 0 Å². The molecule has 0 heteroatoms. The third-order valence-corrected chi connectivity index (χ3v) is 4.20. The van der Waals surface area contributed by atoms with Gasteiger partial charge in [0, 0.05) is 0 Å². The molecule has 4 atom stereocenters. The maximum atomic E-state index is 2.45. The monoisotopic (exact) mass is 168 g/mol. The molecule has 0 heterocycles. The summed E-state index contributed by atoms with van der Waals surface area (Å²) in [4.78, 5) is 0. The zero-order chi connectivity index (χ0) is 9.30. The maximum absolute atomic E-state index is 2.45. The van der Waals surface area contributed by atoms with Crippen LogP contribution in [0.3, 0.4) is 0 Å². The Morgan fingerprint density at radius 2 is 1.75 bits per heavy atom. The minimum atomic E-state index is 0.888. The summed E-state index contributed by atoms with van der Waals surface area (Å²) >= 11 is 0. The van der Waals surface area contributed by atoms with Gasteiger partial charge in [0.25, 0.3) is 0 Å². The molecule has 12 heavy (non-hydrogen) atoms. The second-order valence-corrected chi connectivity index (χ2v) is 5.03. The zero-order valence-electron chi connectivity index (χ0n) is 9.30. The van der Waals surface area contributed by atoms with Crippen molar-refractivity contribution in [3.05, 3.63) is 0 Å². The molecule has 1 saturated carbocycles. The Bertz CT molecular complexity index is 137. The van der Waals surface area contributed by atoms with E-state index in [-0.39, 0.29) is 0 Å². The van der Waals surface area contributed by atoms with Gasteiger partial charge in [-0.2, -0.15) is 0 Å². The van der Waals surface area contributed by atoms with Gasteiger partial charge < -0.3 is 0 Å². The Labute approximate surface area is 77.7 Å². The van der Waals surface area contributed by atoms with Crippen molar-refractivity contribution in [3.8, 4) is 0 Å². The van der Waals surface area contributed by atoms with E-state index in [0.29, 0.717) is 0 Å². The lowest BCUT2D eigenvalue weighted by molar-refractivity contribution is 0.278. The summed E-state index contributed by atoms with van der Waals surface area (Å²) in [5.74, 6) is 4.80. The smallest absolute Gasteiger partial charge is 0.0360 e. The molecular formula is C12H24. The van der Waals surface area contributed by atoms with Crippen LogP contribution in [-0.2, 0) is 0 Å². The topological polar surface area (TPSA) is 0 Å². The Morgan fingerprint density at radius 1 is 1.17 bits per heavy atom. The minimum absolute atomic E-state index is 0.888. The summed E-state index contributed by atoms with van der Waals surface area (Å²) in [6.45, 7) is 12.0. The van der Waals surface area contributed by atoms with Crippen LogP contribution in [0.15, 0.2) is 0 Å². The largest absolute Gasteiger partial charge is 0.0651 e. The predicted molar refractivity (Wildman–Crippen MR) is 55.1 cm³/mol. The zero-order valence-corrected chi connectivity index (χ0v) is 9.30. The molecule has 1 aliphatic rings. The molecule has 4 unspecified atom stereocenters. The molecule has 0 radical (unpaired) electrons. The van der Waals surface area contributed by atoms with E-state index in [1.54, 1.807) is 0 Å². The molecule has 0 aromatic carbocycles. The van der Waals surface area contributed by atoms with E-state index in [9.17, 15) is 0 Å². The van der Waals surface area contributed by atoms with E-state index in [0.717, 1.165) is 29.6 Å². The van der Waals surface area contributed by atoms with Crippen molar-refractivity contribution in [1.82, 2.24) is 0 Å². The van der Waals surface area contributed by atoms with Gasteiger partial charge in [-0.25, -0.2) is 0 Å². The lowest BCUT2D eigenvalue weighted by Gasteiger charge is -2.21. The van der Waals surface area contributed by atoms with Crippen LogP contribution in [0.5, 0.6) is 0 Å². The molecule has 0 spiro atoms. The van der Waals surface area contributed by atoms with E-state index < -0.39 is 0 Å². The first-order valence-corrected chi connectivity index (χ1v) is 5.57. The van der Waals surface area contributed by atoms with Gasteiger partial charge in [-0.15, -0.1) is 0 Å². The third kappa shape index (κ3) is 1.67. The molecule has 0 N–H and O–H groups in total. The summed E-state index contributed by atoms with van der Waals surface area (Å²) in [5, 5.41) is 0. The summed E-state index contributed by atoms with van der Waals surface area (Å²) in [7, 11) is 0. The summed E-state index contributed by atoms with van der Waals surface area (Å²) in [6, 6.07) is 0. The average Bonchev–Trinajstić information content (AvgIpc) is 2.30. The van der Waals surface area contributed by atoms with E-state index >= 15 is 0 Å². The summed E-state index contributed by atoms with van der Waals surface area (Å²) < 4.78 is 0. The van der Waals surface area contributed by atoms with E-state index in [2.05, 4.69) is 34.6 Å². The molecule has 1 rings (SSSR count). The van der Waals surface area contributed by atoms with Gasteiger partial charge in [-0.05, 0) is 36.0 Å². The van der Waals surface area contributed by atoms with Crippen LogP contribution in [0.2, 0.25) is 0 Å². The molecule has 0 saturated heterocycles. The number of rotatable bonds is 2. The molecule has 0 nitrogen and oxygen atoms in total. The molecule has 0 aromatic heterocycles. The molecule has 0 bridgehead atoms. The second-order valence-electron chi connectivity index (χ2n) is 5.03. The van der Waals surface area contributed by atoms with E-state index in [4.69, 9.17) is 0 Å². The first-order valence-electron chi connectivity index (χ1n) is 5.57. The lowest BCUT2D eigenvalue weighted by Crippen LogP contribution is -2.14. The average molecular weight is 168 g/mol. The highest BCUT2D eigenvalue weighted by Crippen LogP contribution is 2.45. The van der Waals surface area contributed by atoms with Crippen molar-refractivity contribution in [2.24, 2.45) is 29.6 Å². The number of hydrogen-bond acceptors (Lipinski definition) is 0. The van der Waals surface area contributed by atoms with E-state index in [1.807, 2.05) is 0 Å². The highest BCUT2D eigenvalue weighted by molar-refractivity contribution is 4.87. The number of hydrogen-bond donors (Lipinski definition) is 0. The standard InChI is InChI=1S/C12H24/c1-6-11-7-12(8(2)3)10(5)9(11)4/h8-12H,6-7H2,1-5H3. The van der Waals surface area contributed by atoms with Crippen molar-refractivity contribution < 1.29 is 0 Å². The SMILES string of the molecule is CCC1CC(C(C)C)C(C)C1C. The quantitative estimate of drug-likeness (QED) is 0.585. The van der Waals surface area contributed by atoms with Crippen LogP contribution < -0.4 is 0 Å². The van der Waals surface area contributed by atoms with Gasteiger partial charge in [0.05, 0.1) is 0 Å². The van der Waals surface area contributed by atoms with Gasteiger partial charge in [0.15, 0.2) is 0 Å². The Morgan fingerprint density at radius 3 is 2.00 bits per heavy atom. The van der Waals surface area contributed by atoms with Gasteiger partial charge in [-0.1, -0.05) is 41.0 Å². The fourth-order valence-corrected chi connectivity index (χ4v) is 3.02. The molecule has 1 fully saturated rings. The fraction of sp³-hybridized carbons (Fsp3) is 1.00. The molecule has 0 amide bonds. The van der Waals surface area contributed by atoms with Crippen molar-refractivity contribution in [3.63, 3.8) is 0 Å². The van der Waals surface area contributed by atoms with Crippen molar-refractivity contribution in [2.75, 3.05) is 0 Å².